The van der Waals surface area contributed by atoms with E-state index in [1.54, 1.807) is 4.52 Å². The summed E-state index contributed by atoms with van der Waals surface area (Å²) >= 11 is 0. The molecule has 28 heavy (non-hydrogen) atoms. The number of nitrogens with one attached hydrogen (secondary N) is 1. The molecule has 0 amide bonds. The maximum absolute atomic E-state index is 15.2. The van der Waals surface area contributed by atoms with Crippen molar-refractivity contribution in [2.75, 3.05) is 13.1 Å². The van der Waals surface area contributed by atoms with Crippen LogP contribution in [0, 0.1) is 24.6 Å². The Labute approximate surface area is 161 Å². The van der Waals surface area contributed by atoms with Crippen LogP contribution in [-0.2, 0) is 0 Å². The van der Waals surface area contributed by atoms with Crippen molar-refractivity contribution in [2.24, 2.45) is 11.8 Å². The number of hydrogen-bond acceptors (Lipinski definition) is 3. The predicted octanol–water partition coefficient (Wildman–Crippen LogP) is 4.73. The first-order chi connectivity index (χ1) is 13.3. The maximum atomic E-state index is 15.2. The summed E-state index contributed by atoms with van der Waals surface area (Å²) in [7, 11) is 0. The molecule has 154 valence electrons. The predicted molar refractivity (Wildman–Crippen MR) is 97.8 cm³/mol. The van der Waals surface area contributed by atoms with E-state index >= 15 is 4.39 Å². The Kier molecular flexibility index (Phi) is 5.10. The van der Waals surface area contributed by atoms with Crippen molar-refractivity contribution in [3.63, 3.8) is 0 Å². The summed E-state index contributed by atoms with van der Waals surface area (Å²) in [5.74, 6) is -1.41. The van der Waals surface area contributed by atoms with E-state index in [9.17, 15) is 13.2 Å². The van der Waals surface area contributed by atoms with Gasteiger partial charge in [0.05, 0.1) is 11.6 Å². The minimum Gasteiger partial charge on any atom is -0.316 e. The van der Waals surface area contributed by atoms with Crippen LogP contribution < -0.4 is 5.32 Å². The largest absolute Gasteiger partial charge is 0.391 e. The van der Waals surface area contributed by atoms with Gasteiger partial charge in [0.2, 0.25) is 0 Å². The first-order valence-corrected chi connectivity index (χ1v) is 10.1. The molecule has 8 heteroatoms. The number of rotatable bonds is 2. The fourth-order valence-corrected chi connectivity index (χ4v) is 4.76. The number of aryl methyl sites for hydroxylation is 1. The molecule has 0 spiro atoms. The van der Waals surface area contributed by atoms with Crippen LogP contribution in [0.4, 0.5) is 17.6 Å². The minimum absolute atomic E-state index is 0.0321. The van der Waals surface area contributed by atoms with E-state index in [-0.39, 0.29) is 36.0 Å². The Bertz CT molecular complexity index is 852. The number of piperidine rings is 1. The number of alkyl halides is 3. The zero-order valence-electron chi connectivity index (χ0n) is 16.2. The highest BCUT2D eigenvalue weighted by Crippen LogP contribution is 2.43. The minimum atomic E-state index is -4.17. The lowest BCUT2D eigenvalue weighted by molar-refractivity contribution is -0.182. The average Bonchev–Trinajstić information content (AvgIpc) is 2.98. The Balaban J connectivity index is 1.68. The summed E-state index contributed by atoms with van der Waals surface area (Å²) in [6.45, 7) is 5.79. The van der Waals surface area contributed by atoms with Gasteiger partial charge < -0.3 is 5.32 Å². The second-order valence-corrected chi connectivity index (χ2v) is 8.42. The third-order valence-electron chi connectivity index (χ3n) is 6.50. The summed E-state index contributed by atoms with van der Waals surface area (Å²) in [5.41, 5.74) is 2.12. The van der Waals surface area contributed by atoms with E-state index in [4.69, 9.17) is 0 Å². The van der Waals surface area contributed by atoms with E-state index in [1.165, 1.54) is 0 Å². The number of halogens is 4. The van der Waals surface area contributed by atoms with E-state index in [0.29, 0.717) is 18.8 Å². The number of hydrogen-bond donors (Lipinski definition) is 1. The van der Waals surface area contributed by atoms with Gasteiger partial charge in [-0.05, 0) is 57.6 Å². The smallest absolute Gasteiger partial charge is 0.316 e. The normalized spacial score (nSPS) is 29.4. The van der Waals surface area contributed by atoms with Crippen molar-refractivity contribution in [1.29, 1.82) is 0 Å². The van der Waals surface area contributed by atoms with Gasteiger partial charge in [0.15, 0.2) is 11.5 Å². The topological polar surface area (TPSA) is 42.2 Å². The summed E-state index contributed by atoms with van der Waals surface area (Å²) in [4.78, 5) is 4.35. The lowest BCUT2D eigenvalue weighted by Gasteiger charge is -2.30. The molecule has 4 rings (SSSR count). The summed E-state index contributed by atoms with van der Waals surface area (Å²) in [6, 6.07) is 1.96. The lowest BCUT2D eigenvalue weighted by Crippen LogP contribution is -2.35. The van der Waals surface area contributed by atoms with Crippen molar-refractivity contribution >= 4 is 5.65 Å². The summed E-state index contributed by atoms with van der Waals surface area (Å²) in [5, 5.41) is 7.93. The molecule has 2 atom stereocenters. The van der Waals surface area contributed by atoms with Crippen LogP contribution in [-0.4, -0.2) is 33.9 Å². The highest BCUT2D eigenvalue weighted by molar-refractivity contribution is 5.45. The maximum Gasteiger partial charge on any atom is 0.391 e. The van der Waals surface area contributed by atoms with Crippen LogP contribution in [0.3, 0.4) is 0 Å². The molecule has 2 fully saturated rings. The fraction of sp³-hybridized carbons (Fsp3) is 0.700. The molecule has 1 N–H and O–H groups in total. The van der Waals surface area contributed by atoms with E-state index in [1.807, 2.05) is 13.0 Å². The van der Waals surface area contributed by atoms with Crippen LogP contribution in [0.5, 0.6) is 0 Å². The van der Waals surface area contributed by atoms with Gasteiger partial charge in [0.1, 0.15) is 5.69 Å². The van der Waals surface area contributed by atoms with Gasteiger partial charge >= 0.3 is 6.18 Å². The van der Waals surface area contributed by atoms with Gasteiger partial charge in [-0.25, -0.2) is 13.9 Å². The SMILES string of the molecule is Cc1cc([C@H]2CNCC[C@@H]2C)n2nc([C@H]3CC[C@H](C(F)(F)F)CC3)c(F)c2n1. The van der Waals surface area contributed by atoms with Gasteiger partial charge in [0, 0.05) is 24.1 Å². The van der Waals surface area contributed by atoms with E-state index < -0.39 is 17.9 Å². The van der Waals surface area contributed by atoms with Crippen molar-refractivity contribution in [3.05, 3.63) is 29.0 Å². The Morgan fingerprint density at radius 1 is 1.14 bits per heavy atom. The third kappa shape index (κ3) is 3.51. The second kappa shape index (κ2) is 7.28. The van der Waals surface area contributed by atoms with Crippen molar-refractivity contribution in [2.45, 2.75) is 64.0 Å². The number of fused-ring (bicyclic) bond motifs is 1. The summed E-state index contributed by atoms with van der Waals surface area (Å²) < 4.78 is 55.6. The quantitative estimate of drug-likeness (QED) is 0.744. The summed E-state index contributed by atoms with van der Waals surface area (Å²) in [6.07, 6.45) is -2.46. The molecule has 2 aliphatic rings. The van der Waals surface area contributed by atoms with Crippen molar-refractivity contribution < 1.29 is 17.6 Å². The van der Waals surface area contributed by atoms with Gasteiger partial charge in [-0.1, -0.05) is 6.92 Å². The highest BCUT2D eigenvalue weighted by atomic mass is 19.4. The average molecular weight is 398 g/mol. The Morgan fingerprint density at radius 2 is 1.86 bits per heavy atom. The molecule has 1 aliphatic carbocycles. The molecular formula is C20H26F4N4. The Hall–Kier alpha value is -1.70. The highest BCUT2D eigenvalue weighted by Gasteiger charge is 2.42. The van der Waals surface area contributed by atoms with Gasteiger partial charge in [-0.15, -0.1) is 0 Å². The van der Waals surface area contributed by atoms with Crippen LogP contribution in [0.2, 0.25) is 0 Å². The molecule has 1 aliphatic heterocycles. The molecule has 4 nitrogen and oxygen atoms in total. The van der Waals surface area contributed by atoms with Crippen molar-refractivity contribution in [1.82, 2.24) is 19.9 Å². The van der Waals surface area contributed by atoms with Gasteiger partial charge in [-0.2, -0.15) is 18.3 Å². The molecule has 0 aromatic carbocycles. The molecule has 0 bridgehead atoms. The third-order valence-corrected chi connectivity index (χ3v) is 6.50. The van der Waals surface area contributed by atoms with E-state index in [0.717, 1.165) is 30.9 Å². The molecule has 1 saturated carbocycles. The number of nitrogens with zero attached hydrogens (tertiary/aromatic N) is 3. The first-order valence-electron chi connectivity index (χ1n) is 10.1. The standard InChI is InChI=1S/C20H26F4N4/c1-11-7-8-25-10-15(11)16-9-12(2)26-19-17(21)18(27-28(16)19)13-3-5-14(6-4-13)20(22,23)24/h9,11,13-15,25H,3-8,10H2,1-2H3/t11-,13-,14-,15-/m0/s1. The number of aromatic nitrogens is 3. The molecule has 1 saturated heterocycles. The van der Waals surface area contributed by atoms with Crippen molar-refractivity contribution in [3.8, 4) is 0 Å². The molecular weight excluding hydrogens is 372 g/mol. The fourth-order valence-electron chi connectivity index (χ4n) is 4.76. The molecule has 0 radical (unpaired) electrons. The van der Waals surface area contributed by atoms with Gasteiger partial charge in [0.25, 0.3) is 0 Å². The monoisotopic (exact) mass is 398 g/mol. The van der Waals surface area contributed by atoms with Gasteiger partial charge in [-0.3, -0.25) is 0 Å². The second-order valence-electron chi connectivity index (χ2n) is 8.42. The molecule has 2 aromatic heterocycles. The van der Waals surface area contributed by atoms with Crippen LogP contribution in [0.25, 0.3) is 5.65 Å². The molecule has 0 unspecified atom stereocenters. The van der Waals surface area contributed by atoms with Crippen LogP contribution in [0.1, 0.15) is 67.9 Å². The van der Waals surface area contributed by atoms with E-state index in [2.05, 4.69) is 22.3 Å². The molecule has 3 heterocycles. The zero-order chi connectivity index (χ0) is 20.1. The van der Waals surface area contributed by atoms with Crippen LogP contribution >= 0.6 is 0 Å². The first kappa shape index (κ1) is 19.6. The lowest BCUT2D eigenvalue weighted by atomic mass is 9.80. The molecule has 2 aromatic rings. The van der Waals surface area contributed by atoms with Crippen LogP contribution in [0.15, 0.2) is 6.07 Å². The Morgan fingerprint density at radius 3 is 2.50 bits per heavy atom. The zero-order valence-corrected chi connectivity index (χ0v) is 16.2.